The van der Waals surface area contributed by atoms with Crippen molar-refractivity contribution >= 4 is 0 Å². The SMILES string of the molecule is N#Cc1cc(-n2c(=O)[nH][nH]c2=O)ccc1F. The highest BCUT2D eigenvalue weighted by atomic mass is 19.1. The molecule has 6 nitrogen and oxygen atoms in total. The van der Waals surface area contributed by atoms with Crippen molar-refractivity contribution in [1.82, 2.24) is 14.8 Å². The molecule has 0 aliphatic carbocycles. The molecule has 1 aromatic heterocycles. The predicted molar refractivity (Wildman–Crippen MR) is 51.7 cm³/mol. The Hall–Kier alpha value is -2.62. The summed E-state index contributed by atoms with van der Waals surface area (Å²) in [7, 11) is 0. The largest absolute Gasteiger partial charge is 0.348 e. The van der Waals surface area contributed by atoms with Gasteiger partial charge in [0.25, 0.3) is 0 Å². The maximum absolute atomic E-state index is 13.0. The summed E-state index contributed by atoms with van der Waals surface area (Å²) in [5.74, 6) is -0.703. The van der Waals surface area contributed by atoms with Gasteiger partial charge >= 0.3 is 11.4 Å². The number of halogens is 1. The number of rotatable bonds is 1. The third-order valence-corrected chi connectivity index (χ3v) is 2.01. The Balaban J connectivity index is 2.72. The standard InChI is InChI=1S/C9H5FN4O2/c10-7-2-1-6(3-5(7)4-11)14-8(15)12-13-9(14)16/h1-3H,(H,12,15)(H,13,16). The molecule has 80 valence electrons. The molecule has 2 N–H and O–H groups in total. The Kier molecular flexibility index (Phi) is 2.17. The lowest BCUT2D eigenvalue weighted by Gasteiger charge is -1.99. The van der Waals surface area contributed by atoms with Gasteiger partial charge in [-0.05, 0) is 18.2 Å². The maximum atomic E-state index is 13.0. The zero-order chi connectivity index (χ0) is 11.7. The van der Waals surface area contributed by atoms with Crippen molar-refractivity contribution in [3.8, 4) is 11.8 Å². The molecule has 0 bridgehead atoms. The molecule has 0 radical (unpaired) electrons. The van der Waals surface area contributed by atoms with Crippen LogP contribution in [0, 0.1) is 17.1 Å². The van der Waals surface area contributed by atoms with E-state index in [1.165, 1.54) is 6.07 Å². The Morgan fingerprint density at radius 1 is 1.25 bits per heavy atom. The highest BCUT2D eigenvalue weighted by Gasteiger charge is 2.08. The van der Waals surface area contributed by atoms with E-state index in [4.69, 9.17) is 5.26 Å². The summed E-state index contributed by atoms with van der Waals surface area (Å²) < 4.78 is 13.8. The molecule has 0 fully saturated rings. The Morgan fingerprint density at radius 3 is 2.44 bits per heavy atom. The first-order valence-electron chi connectivity index (χ1n) is 4.23. The second kappa shape index (κ2) is 3.51. The van der Waals surface area contributed by atoms with Crippen LogP contribution in [-0.2, 0) is 0 Å². The van der Waals surface area contributed by atoms with Gasteiger partial charge < -0.3 is 0 Å². The van der Waals surface area contributed by atoms with Gasteiger partial charge in [0.15, 0.2) is 0 Å². The summed E-state index contributed by atoms with van der Waals surface area (Å²) in [5.41, 5.74) is -1.46. The van der Waals surface area contributed by atoms with E-state index in [1.807, 2.05) is 0 Å². The molecule has 0 amide bonds. The smallest absolute Gasteiger partial charge is 0.247 e. The summed E-state index contributed by atoms with van der Waals surface area (Å²) in [4.78, 5) is 22.4. The number of nitrogens with zero attached hydrogens (tertiary/aromatic N) is 2. The normalized spacial score (nSPS) is 10.0. The molecule has 0 aliphatic rings. The summed E-state index contributed by atoms with van der Waals surface area (Å²) in [6.45, 7) is 0. The van der Waals surface area contributed by atoms with Crippen LogP contribution in [0.25, 0.3) is 5.69 Å². The number of H-pyrrole nitrogens is 2. The van der Waals surface area contributed by atoms with E-state index in [0.717, 1.165) is 16.7 Å². The van der Waals surface area contributed by atoms with Crippen LogP contribution in [0.5, 0.6) is 0 Å². The molecule has 1 aromatic carbocycles. The van der Waals surface area contributed by atoms with E-state index in [0.29, 0.717) is 0 Å². The van der Waals surface area contributed by atoms with Crippen LogP contribution in [0.2, 0.25) is 0 Å². The second-order valence-corrected chi connectivity index (χ2v) is 2.97. The number of benzene rings is 1. The van der Waals surface area contributed by atoms with Crippen LogP contribution in [0.1, 0.15) is 5.56 Å². The molecular weight excluding hydrogens is 215 g/mol. The van der Waals surface area contributed by atoms with E-state index in [9.17, 15) is 14.0 Å². The molecule has 2 aromatic rings. The van der Waals surface area contributed by atoms with E-state index >= 15 is 0 Å². The van der Waals surface area contributed by atoms with Crippen LogP contribution in [0.15, 0.2) is 27.8 Å². The topological polar surface area (TPSA) is 94.4 Å². The molecule has 0 aliphatic heterocycles. The monoisotopic (exact) mass is 220 g/mol. The molecule has 1 heterocycles. The number of aromatic amines is 2. The van der Waals surface area contributed by atoms with Crippen molar-refractivity contribution in [1.29, 1.82) is 5.26 Å². The van der Waals surface area contributed by atoms with Gasteiger partial charge in [-0.3, -0.25) is 0 Å². The fourth-order valence-electron chi connectivity index (χ4n) is 1.28. The molecule has 7 heteroatoms. The summed E-state index contributed by atoms with van der Waals surface area (Å²) >= 11 is 0. The van der Waals surface area contributed by atoms with Gasteiger partial charge in [0.2, 0.25) is 0 Å². The lowest BCUT2D eigenvalue weighted by Crippen LogP contribution is -2.24. The van der Waals surface area contributed by atoms with Crippen molar-refractivity contribution < 1.29 is 4.39 Å². The number of aromatic nitrogens is 3. The molecule has 0 saturated carbocycles. The summed E-state index contributed by atoms with van der Waals surface area (Å²) in [6.07, 6.45) is 0. The maximum Gasteiger partial charge on any atom is 0.348 e. The number of hydrogen-bond donors (Lipinski definition) is 2. The van der Waals surface area contributed by atoms with Gasteiger partial charge in [0.1, 0.15) is 11.9 Å². The van der Waals surface area contributed by atoms with Crippen molar-refractivity contribution in [3.63, 3.8) is 0 Å². The fourth-order valence-corrected chi connectivity index (χ4v) is 1.28. The van der Waals surface area contributed by atoms with Gasteiger partial charge in [-0.2, -0.15) is 5.26 Å². The highest BCUT2D eigenvalue weighted by Crippen LogP contribution is 2.10. The Morgan fingerprint density at radius 2 is 1.88 bits per heavy atom. The van der Waals surface area contributed by atoms with Crippen LogP contribution >= 0.6 is 0 Å². The van der Waals surface area contributed by atoms with Gasteiger partial charge in [-0.25, -0.2) is 28.7 Å². The Labute approximate surface area is 87.6 Å². The second-order valence-electron chi connectivity index (χ2n) is 2.97. The van der Waals surface area contributed by atoms with Crippen molar-refractivity contribution in [3.05, 3.63) is 50.5 Å². The lowest BCUT2D eigenvalue weighted by molar-refractivity contribution is 0.623. The minimum absolute atomic E-state index is 0.130. The zero-order valence-corrected chi connectivity index (χ0v) is 7.82. The van der Waals surface area contributed by atoms with Crippen LogP contribution in [0.4, 0.5) is 4.39 Å². The lowest BCUT2D eigenvalue weighted by atomic mass is 10.2. The number of hydrogen-bond acceptors (Lipinski definition) is 3. The highest BCUT2D eigenvalue weighted by molar-refractivity contribution is 5.41. The summed E-state index contributed by atoms with van der Waals surface area (Å²) in [5, 5.41) is 12.8. The van der Waals surface area contributed by atoms with E-state index in [1.54, 1.807) is 6.07 Å². The molecular formula is C9H5FN4O2. The van der Waals surface area contributed by atoms with Gasteiger partial charge in [0, 0.05) is 0 Å². The first-order chi connectivity index (χ1) is 7.63. The number of nitriles is 1. The minimum atomic E-state index is -0.703. The molecule has 0 atom stereocenters. The quantitative estimate of drug-likeness (QED) is 0.700. The van der Waals surface area contributed by atoms with Crippen molar-refractivity contribution in [2.75, 3.05) is 0 Å². The summed E-state index contributed by atoms with van der Waals surface area (Å²) in [6, 6.07) is 5.01. The molecule has 2 rings (SSSR count). The fraction of sp³-hybridized carbons (Fsp3) is 0. The van der Waals surface area contributed by atoms with E-state index in [2.05, 4.69) is 10.2 Å². The van der Waals surface area contributed by atoms with Crippen LogP contribution in [-0.4, -0.2) is 14.8 Å². The third-order valence-electron chi connectivity index (χ3n) is 2.01. The van der Waals surface area contributed by atoms with Crippen LogP contribution in [0.3, 0.4) is 0 Å². The first-order valence-corrected chi connectivity index (χ1v) is 4.23. The number of nitrogens with one attached hydrogen (secondary N) is 2. The van der Waals surface area contributed by atoms with Crippen molar-refractivity contribution in [2.45, 2.75) is 0 Å². The molecule has 0 saturated heterocycles. The van der Waals surface area contributed by atoms with Gasteiger partial charge in [-0.1, -0.05) is 0 Å². The average molecular weight is 220 g/mol. The minimum Gasteiger partial charge on any atom is -0.247 e. The Bertz CT molecular complexity index is 661. The molecule has 0 spiro atoms. The van der Waals surface area contributed by atoms with Gasteiger partial charge in [-0.15, -0.1) is 0 Å². The molecule has 0 unspecified atom stereocenters. The van der Waals surface area contributed by atoms with Gasteiger partial charge in [0.05, 0.1) is 11.3 Å². The van der Waals surface area contributed by atoms with E-state index in [-0.39, 0.29) is 11.3 Å². The average Bonchev–Trinajstić information content (AvgIpc) is 2.60. The molecule has 16 heavy (non-hydrogen) atoms. The van der Waals surface area contributed by atoms with Crippen molar-refractivity contribution in [2.24, 2.45) is 0 Å². The third kappa shape index (κ3) is 1.42. The van der Waals surface area contributed by atoms with Crippen LogP contribution < -0.4 is 11.4 Å². The van der Waals surface area contributed by atoms with E-state index < -0.39 is 17.2 Å². The zero-order valence-electron chi connectivity index (χ0n) is 7.82. The first kappa shape index (κ1) is 9.92. The predicted octanol–water partition coefficient (Wildman–Crippen LogP) is -0.135.